The lowest BCUT2D eigenvalue weighted by Crippen LogP contribution is -2.22. The molecule has 0 atom stereocenters. The lowest BCUT2D eigenvalue weighted by molar-refractivity contribution is 0.296. The quantitative estimate of drug-likeness (QED) is 0.280. The van der Waals surface area contributed by atoms with Crippen LogP contribution in [0.3, 0.4) is 0 Å². The Kier molecular flexibility index (Phi) is 5.62. The van der Waals surface area contributed by atoms with E-state index in [1.807, 2.05) is 67.6 Å². The molecular weight excluding hydrogens is 388 g/mol. The standard InChI is InChI=1S/C22H20N2O2S2/c1-15-8-5-6-11-18(15)24-21(26)17-14-19(16-9-3-2-4-10-16)28-20(17)23-22(24)27-13-7-12-25/h2-6,8-11,14,25H,7,12-13H2,1H3. The van der Waals surface area contributed by atoms with Gasteiger partial charge < -0.3 is 5.11 Å². The topological polar surface area (TPSA) is 55.1 Å². The first-order valence-corrected chi connectivity index (χ1v) is 10.9. The molecule has 0 saturated heterocycles. The minimum atomic E-state index is -0.0516. The third-order valence-electron chi connectivity index (χ3n) is 4.48. The van der Waals surface area contributed by atoms with Crippen molar-refractivity contribution < 1.29 is 5.11 Å². The van der Waals surface area contributed by atoms with Crippen LogP contribution in [-0.4, -0.2) is 27.0 Å². The van der Waals surface area contributed by atoms with Crippen molar-refractivity contribution in [2.75, 3.05) is 12.4 Å². The minimum absolute atomic E-state index is 0.0516. The molecule has 0 saturated carbocycles. The van der Waals surface area contributed by atoms with Crippen molar-refractivity contribution in [2.45, 2.75) is 18.5 Å². The zero-order valence-corrected chi connectivity index (χ0v) is 17.1. The summed E-state index contributed by atoms with van der Waals surface area (Å²) in [6.45, 7) is 2.12. The molecule has 1 N–H and O–H groups in total. The van der Waals surface area contributed by atoms with Gasteiger partial charge in [0.1, 0.15) is 4.83 Å². The summed E-state index contributed by atoms with van der Waals surface area (Å²) in [7, 11) is 0. The molecule has 6 heteroatoms. The van der Waals surface area contributed by atoms with Crippen LogP contribution in [0.1, 0.15) is 12.0 Å². The van der Waals surface area contributed by atoms with Gasteiger partial charge in [0.2, 0.25) is 0 Å². The minimum Gasteiger partial charge on any atom is -0.396 e. The maximum atomic E-state index is 13.4. The fraction of sp³-hybridized carbons (Fsp3) is 0.182. The number of hydrogen-bond acceptors (Lipinski definition) is 5. The molecule has 0 unspecified atom stereocenters. The van der Waals surface area contributed by atoms with E-state index in [9.17, 15) is 4.79 Å². The molecule has 0 radical (unpaired) electrons. The van der Waals surface area contributed by atoms with Crippen molar-refractivity contribution in [1.82, 2.24) is 9.55 Å². The molecule has 28 heavy (non-hydrogen) atoms. The second-order valence-corrected chi connectivity index (χ2v) is 8.54. The van der Waals surface area contributed by atoms with Gasteiger partial charge in [0.25, 0.3) is 5.56 Å². The molecule has 4 rings (SSSR count). The largest absolute Gasteiger partial charge is 0.396 e. The van der Waals surface area contributed by atoms with Crippen LogP contribution < -0.4 is 5.56 Å². The van der Waals surface area contributed by atoms with Crippen molar-refractivity contribution >= 4 is 33.3 Å². The van der Waals surface area contributed by atoms with E-state index >= 15 is 0 Å². The number of aliphatic hydroxyl groups is 1. The van der Waals surface area contributed by atoms with E-state index in [2.05, 4.69) is 0 Å². The van der Waals surface area contributed by atoms with Crippen LogP contribution in [0, 0.1) is 6.92 Å². The predicted molar refractivity (Wildman–Crippen MR) is 118 cm³/mol. The van der Waals surface area contributed by atoms with Crippen molar-refractivity contribution in [2.24, 2.45) is 0 Å². The Labute approximate surface area is 171 Å². The third kappa shape index (κ3) is 3.63. The Morgan fingerprint density at radius 1 is 1.11 bits per heavy atom. The molecule has 2 heterocycles. The molecule has 2 aromatic carbocycles. The van der Waals surface area contributed by atoms with Crippen molar-refractivity contribution in [3.05, 3.63) is 76.6 Å². The predicted octanol–water partition coefficient (Wildman–Crippen LogP) is 4.90. The molecule has 0 spiro atoms. The van der Waals surface area contributed by atoms with Crippen LogP contribution >= 0.6 is 23.1 Å². The second kappa shape index (κ2) is 8.31. The summed E-state index contributed by atoms with van der Waals surface area (Å²) in [6.07, 6.45) is 0.659. The summed E-state index contributed by atoms with van der Waals surface area (Å²) in [5.74, 6) is 0.706. The van der Waals surface area contributed by atoms with Crippen LogP contribution in [0.25, 0.3) is 26.3 Å². The van der Waals surface area contributed by atoms with E-state index in [1.165, 1.54) is 23.1 Å². The Bertz CT molecular complexity index is 1170. The summed E-state index contributed by atoms with van der Waals surface area (Å²) < 4.78 is 1.71. The second-order valence-electron chi connectivity index (χ2n) is 6.44. The Hall–Kier alpha value is -2.41. The van der Waals surface area contributed by atoms with Gasteiger partial charge in [-0.25, -0.2) is 4.98 Å². The lowest BCUT2D eigenvalue weighted by atomic mass is 10.2. The molecule has 0 aliphatic rings. The summed E-state index contributed by atoms with van der Waals surface area (Å²) in [5.41, 5.74) is 2.90. The highest BCUT2D eigenvalue weighted by atomic mass is 32.2. The molecule has 142 valence electrons. The Morgan fingerprint density at radius 3 is 2.61 bits per heavy atom. The van der Waals surface area contributed by atoms with Crippen LogP contribution in [0.4, 0.5) is 0 Å². The number of para-hydroxylation sites is 1. The third-order valence-corrected chi connectivity index (χ3v) is 6.59. The molecule has 0 aliphatic carbocycles. The summed E-state index contributed by atoms with van der Waals surface area (Å²) in [5, 5.41) is 10.4. The fourth-order valence-corrected chi connectivity index (χ4v) is 5.07. The monoisotopic (exact) mass is 408 g/mol. The number of benzene rings is 2. The normalized spacial score (nSPS) is 11.2. The summed E-state index contributed by atoms with van der Waals surface area (Å²) >= 11 is 3.05. The van der Waals surface area contributed by atoms with Gasteiger partial charge in [-0.15, -0.1) is 11.3 Å². The van der Waals surface area contributed by atoms with E-state index in [0.717, 1.165) is 26.5 Å². The van der Waals surface area contributed by atoms with E-state index in [4.69, 9.17) is 10.1 Å². The molecule has 2 aromatic heterocycles. The lowest BCUT2D eigenvalue weighted by Gasteiger charge is -2.13. The highest BCUT2D eigenvalue weighted by Gasteiger charge is 2.17. The maximum absolute atomic E-state index is 13.4. The van der Waals surface area contributed by atoms with E-state index in [0.29, 0.717) is 22.7 Å². The molecule has 0 fully saturated rings. The van der Waals surface area contributed by atoms with Crippen LogP contribution in [0.5, 0.6) is 0 Å². The smallest absolute Gasteiger partial charge is 0.267 e. The van der Waals surface area contributed by atoms with E-state index in [-0.39, 0.29) is 12.2 Å². The van der Waals surface area contributed by atoms with E-state index < -0.39 is 0 Å². The highest BCUT2D eigenvalue weighted by molar-refractivity contribution is 7.99. The number of hydrogen-bond donors (Lipinski definition) is 1. The number of thioether (sulfide) groups is 1. The molecule has 0 bridgehead atoms. The number of aliphatic hydroxyl groups excluding tert-OH is 1. The fourth-order valence-electron chi connectivity index (χ4n) is 3.06. The first kappa shape index (κ1) is 18.9. The molecule has 0 amide bonds. The van der Waals surface area contributed by atoms with Gasteiger partial charge in [0, 0.05) is 17.2 Å². The van der Waals surface area contributed by atoms with Gasteiger partial charge in [-0.2, -0.15) is 0 Å². The van der Waals surface area contributed by atoms with Crippen molar-refractivity contribution in [1.29, 1.82) is 0 Å². The molecule has 4 aromatic rings. The number of aryl methyl sites for hydroxylation is 1. The summed E-state index contributed by atoms with van der Waals surface area (Å²) in [6, 6.07) is 19.9. The molecular formula is C22H20N2O2S2. The maximum Gasteiger partial charge on any atom is 0.267 e. The number of rotatable bonds is 6. The average Bonchev–Trinajstić information content (AvgIpc) is 3.15. The Morgan fingerprint density at radius 2 is 1.86 bits per heavy atom. The zero-order valence-electron chi connectivity index (χ0n) is 15.5. The number of aromatic nitrogens is 2. The van der Waals surface area contributed by atoms with E-state index in [1.54, 1.807) is 4.57 Å². The van der Waals surface area contributed by atoms with Gasteiger partial charge in [-0.3, -0.25) is 9.36 Å². The number of nitrogens with zero attached hydrogens (tertiary/aromatic N) is 2. The zero-order chi connectivity index (χ0) is 19.5. The SMILES string of the molecule is Cc1ccccc1-n1c(SCCCO)nc2sc(-c3ccccc3)cc2c1=O. The van der Waals surface area contributed by atoms with Gasteiger partial charge in [-0.1, -0.05) is 60.3 Å². The van der Waals surface area contributed by atoms with Crippen LogP contribution in [0.2, 0.25) is 0 Å². The van der Waals surface area contributed by atoms with Crippen molar-refractivity contribution in [3.63, 3.8) is 0 Å². The van der Waals surface area contributed by atoms with Gasteiger partial charge >= 0.3 is 0 Å². The van der Waals surface area contributed by atoms with Gasteiger partial charge in [-0.05, 0) is 36.6 Å². The van der Waals surface area contributed by atoms with Crippen LogP contribution in [-0.2, 0) is 0 Å². The summed E-state index contributed by atoms with van der Waals surface area (Å²) in [4.78, 5) is 20.1. The first-order valence-electron chi connectivity index (χ1n) is 9.10. The number of fused-ring (bicyclic) bond motifs is 1. The van der Waals surface area contributed by atoms with Gasteiger partial charge in [0.05, 0.1) is 11.1 Å². The molecule has 4 nitrogen and oxygen atoms in total. The molecule has 0 aliphatic heterocycles. The number of thiophene rings is 1. The highest BCUT2D eigenvalue weighted by Crippen LogP contribution is 2.33. The average molecular weight is 409 g/mol. The first-order chi connectivity index (χ1) is 13.7. The van der Waals surface area contributed by atoms with Crippen molar-refractivity contribution in [3.8, 4) is 16.1 Å². The van der Waals surface area contributed by atoms with Gasteiger partial charge in [0.15, 0.2) is 5.16 Å². The Balaban J connectivity index is 1.92. The van der Waals surface area contributed by atoms with Crippen LogP contribution in [0.15, 0.2) is 70.6 Å².